The first-order chi connectivity index (χ1) is 31.1. The fourth-order valence-corrected chi connectivity index (χ4v) is 9.14. The van der Waals surface area contributed by atoms with Crippen LogP contribution in [0.4, 0.5) is 17.1 Å². The van der Waals surface area contributed by atoms with Crippen molar-refractivity contribution in [3.05, 3.63) is 188 Å². The lowest BCUT2D eigenvalue weighted by atomic mass is 9.90. The predicted octanol–water partition coefficient (Wildman–Crippen LogP) is 15.7. The Morgan fingerprint density at radius 2 is 1.23 bits per heavy atom. The van der Waals surface area contributed by atoms with Crippen LogP contribution in [0, 0.1) is 0 Å². The molecule has 1 aliphatic rings. The number of furan rings is 1. The van der Waals surface area contributed by atoms with Gasteiger partial charge in [-0.1, -0.05) is 133 Å². The number of thiophene rings is 1. The van der Waals surface area contributed by atoms with Crippen LogP contribution in [0.3, 0.4) is 0 Å². The van der Waals surface area contributed by atoms with Crippen LogP contribution in [-0.4, -0.2) is 0 Å². The molecule has 56 heavy (non-hydrogen) atoms. The first-order valence-electron chi connectivity index (χ1n) is 22.3. The number of benzene rings is 9. The van der Waals surface area contributed by atoms with Crippen molar-refractivity contribution in [1.29, 1.82) is 0 Å². The number of para-hydroxylation sites is 2. The van der Waals surface area contributed by atoms with Gasteiger partial charge in [0.1, 0.15) is 17.1 Å². The average molecular weight is 742 g/mol. The Balaban J connectivity index is 1.12. The Hall–Kier alpha value is -7.14. The minimum Gasteiger partial charge on any atom is -0.456 e. The summed E-state index contributed by atoms with van der Waals surface area (Å²) in [5.74, 6) is -0.337. The summed E-state index contributed by atoms with van der Waals surface area (Å²) < 4.78 is 91.2. The summed E-state index contributed by atoms with van der Waals surface area (Å²) >= 11 is 1.62. The van der Waals surface area contributed by atoms with E-state index in [0.717, 1.165) is 42.1 Å². The molecule has 0 aliphatic carbocycles. The fourth-order valence-electron chi connectivity index (χ4n) is 8.00. The summed E-state index contributed by atoms with van der Waals surface area (Å²) in [6, 6.07) is 42.0. The maximum Gasteiger partial charge on any atom is 0.159 e. The van der Waals surface area contributed by atoms with Crippen LogP contribution in [0.5, 0.6) is 11.5 Å². The van der Waals surface area contributed by atoms with E-state index in [1.807, 2.05) is 127 Å². The zero-order valence-corrected chi connectivity index (χ0v) is 30.3. The van der Waals surface area contributed by atoms with Gasteiger partial charge in [-0.05, 0) is 81.7 Å². The van der Waals surface area contributed by atoms with Crippen LogP contribution in [0.15, 0.2) is 192 Å². The third kappa shape index (κ3) is 4.76. The minimum absolute atomic E-state index is 0.000598. The maximum absolute atomic E-state index is 10.00. The first kappa shape index (κ1) is 24.3. The summed E-state index contributed by atoms with van der Waals surface area (Å²) in [5.41, 5.74) is 4.90. The normalized spacial score (nSPS) is 14.1. The quantitative estimate of drug-likeness (QED) is 0.176. The second kappa shape index (κ2) is 12.2. The summed E-state index contributed by atoms with van der Waals surface area (Å²) in [6.45, 7) is 0. The molecule has 3 nitrogen and oxygen atoms in total. The molecule has 0 radical (unpaired) electrons. The second-order valence-electron chi connectivity index (χ2n) is 13.8. The van der Waals surface area contributed by atoms with E-state index in [-0.39, 0.29) is 80.9 Å². The van der Waals surface area contributed by atoms with Gasteiger partial charge in [0.2, 0.25) is 0 Å². The van der Waals surface area contributed by atoms with Crippen LogP contribution in [0.2, 0.25) is 0 Å². The van der Waals surface area contributed by atoms with E-state index in [1.54, 1.807) is 16.2 Å². The smallest absolute Gasteiger partial charge is 0.159 e. The van der Waals surface area contributed by atoms with Gasteiger partial charge in [0.25, 0.3) is 0 Å². The molecule has 0 bridgehead atoms. The van der Waals surface area contributed by atoms with Gasteiger partial charge in [-0.2, -0.15) is 0 Å². The molecule has 262 valence electrons. The van der Waals surface area contributed by atoms with Crippen LogP contribution in [-0.2, 0) is 0 Å². The van der Waals surface area contributed by atoms with Gasteiger partial charge in [-0.25, -0.2) is 0 Å². The third-order valence-corrected chi connectivity index (χ3v) is 11.8. The molecule has 4 heteroatoms. The standard InChI is InChI=1S/C52H31NO2S/c1-2-10-32(11-3-1)33-20-22-34(23-21-33)37-28-29-47-51-42(37)14-8-15-43(51)39-26-24-35(30-48(39)54-47)53(36-25-27-41-40-13-5-7-19-49(40)56-50(41)31-36)45-17-9-16-44-38-12-4-6-18-46(38)55-52(44)45/h1-31H/i8D,14D,15D,24D,26D,28D,29D,30D. The lowest BCUT2D eigenvalue weighted by molar-refractivity contribution is 0.487. The van der Waals surface area contributed by atoms with Crippen LogP contribution in [0.25, 0.3) is 86.3 Å². The van der Waals surface area contributed by atoms with Gasteiger partial charge < -0.3 is 14.1 Å². The lowest BCUT2D eigenvalue weighted by Gasteiger charge is -2.28. The van der Waals surface area contributed by atoms with Gasteiger partial charge in [0, 0.05) is 53.6 Å². The molecular weight excluding hydrogens is 703 g/mol. The highest BCUT2D eigenvalue weighted by Gasteiger charge is 2.25. The zero-order valence-electron chi connectivity index (χ0n) is 37.5. The van der Waals surface area contributed by atoms with Crippen LogP contribution in [0.1, 0.15) is 11.0 Å². The highest BCUT2D eigenvalue weighted by molar-refractivity contribution is 7.25. The summed E-state index contributed by atoms with van der Waals surface area (Å²) in [4.78, 5) is 1.75. The largest absolute Gasteiger partial charge is 0.456 e. The molecule has 3 heterocycles. The third-order valence-electron chi connectivity index (χ3n) is 10.6. The van der Waals surface area contributed by atoms with Gasteiger partial charge in [0.05, 0.1) is 22.3 Å². The number of ether oxygens (including phenoxy) is 1. The molecule has 11 aromatic rings. The predicted molar refractivity (Wildman–Crippen MR) is 235 cm³/mol. The molecule has 0 atom stereocenters. The maximum atomic E-state index is 10.00. The number of hydrogen-bond donors (Lipinski definition) is 0. The van der Waals surface area contributed by atoms with Crippen molar-refractivity contribution >= 4 is 81.3 Å². The minimum atomic E-state index is -0.447. The SMILES string of the molecule is [2H]c1c([2H])c(N(c2ccc3c(c2)sc2ccccc23)c2cccc3c2oc2ccccc23)c([2H])c2c1-c1c([2H])c([2H])c([2H])c3c(-c4ccc(-c5ccccc5)cc4)c([2H])c([2H])c(c13)O2. The van der Waals surface area contributed by atoms with E-state index < -0.39 is 12.1 Å². The van der Waals surface area contributed by atoms with Crippen molar-refractivity contribution in [3.8, 4) is 44.9 Å². The van der Waals surface area contributed by atoms with Gasteiger partial charge in [-0.3, -0.25) is 0 Å². The Kier molecular flexibility index (Phi) is 5.29. The van der Waals surface area contributed by atoms with Crippen molar-refractivity contribution in [2.24, 2.45) is 0 Å². The molecule has 0 saturated carbocycles. The molecule has 1 aliphatic heterocycles. The molecule has 2 aromatic heterocycles. The second-order valence-corrected chi connectivity index (χ2v) is 14.9. The van der Waals surface area contributed by atoms with Gasteiger partial charge in [0.15, 0.2) is 5.58 Å². The zero-order chi connectivity index (χ0) is 43.7. The molecule has 0 saturated heterocycles. The molecule has 0 fully saturated rings. The number of hydrogen-bond acceptors (Lipinski definition) is 4. The Morgan fingerprint density at radius 3 is 2.14 bits per heavy atom. The van der Waals surface area contributed by atoms with E-state index in [9.17, 15) is 9.60 Å². The van der Waals surface area contributed by atoms with E-state index >= 15 is 0 Å². The summed E-state index contributed by atoms with van der Waals surface area (Å²) in [7, 11) is 0. The number of anilines is 3. The van der Waals surface area contributed by atoms with Gasteiger partial charge in [-0.15, -0.1) is 11.3 Å². The Labute approximate surface area is 338 Å². The molecular formula is C52H31NO2S. The topological polar surface area (TPSA) is 25.6 Å². The number of fused-ring (bicyclic) bond motifs is 8. The van der Waals surface area contributed by atoms with Gasteiger partial charge >= 0.3 is 0 Å². The van der Waals surface area contributed by atoms with E-state index in [1.165, 1.54) is 0 Å². The highest BCUT2D eigenvalue weighted by Crippen LogP contribution is 2.52. The molecule has 0 N–H and O–H groups in total. The van der Waals surface area contributed by atoms with Crippen LogP contribution >= 0.6 is 11.3 Å². The van der Waals surface area contributed by atoms with E-state index in [4.69, 9.17) is 10.5 Å². The Bertz CT molecular complexity index is 3810. The van der Waals surface area contributed by atoms with E-state index in [2.05, 4.69) is 12.1 Å². The van der Waals surface area contributed by atoms with Crippen molar-refractivity contribution in [2.75, 3.05) is 4.90 Å². The summed E-state index contributed by atoms with van der Waals surface area (Å²) in [5, 5.41) is 4.11. The average Bonchev–Trinajstić information content (AvgIpc) is 3.90. The number of rotatable bonds is 5. The fraction of sp³-hybridized carbons (Fsp3) is 0. The van der Waals surface area contributed by atoms with Crippen molar-refractivity contribution in [2.45, 2.75) is 0 Å². The van der Waals surface area contributed by atoms with Crippen molar-refractivity contribution in [1.82, 2.24) is 0 Å². The monoisotopic (exact) mass is 741 g/mol. The molecule has 0 amide bonds. The molecule has 0 spiro atoms. The van der Waals surface area contributed by atoms with E-state index in [0.29, 0.717) is 28.1 Å². The Morgan fingerprint density at radius 1 is 0.482 bits per heavy atom. The highest BCUT2D eigenvalue weighted by atomic mass is 32.1. The lowest BCUT2D eigenvalue weighted by Crippen LogP contribution is -2.11. The molecule has 0 unspecified atom stereocenters. The van der Waals surface area contributed by atoms with Crippen LogP contribution < -0.4 is 9.64 Å². The first-order valence-corrected chi connectivity index (χ1v) is 19.1. The summed E-state index contributed by atoms with van der Waals surface area (Å²) in [6.07, 6.45) is 0. The molecule has 12 rings (SSSR count). The number of nitrogens with zero attached hydrogens (tertiary/aromatic N) is 1. The molecule has 9 aromatic carbocycles. The van der Waals surface area contributed by atoms with Crippen molar-refractivity contribution < 1.29 is 20.1 Å². The van der Waals surface area contributed by atoms with Crippen molar-refractivity contribution in [3.63, 3.8) is 0 Å².